The second kappa shape index (κ2) is 6.29. The zero-order chi connectivity index (χ0) is 18.2. The van der Waals surface area contributed by atoms with Crippen molar-refractivity contribution in [1.82, 2.24) is 9.78 Å². The number of nitrogens with one attached hydrogen (secondary N) is 1. The Morgan fingerprint density at radius 2 is 1.92 bits per heavy atom. The van der Waals surface area contributed by atoms with Crippen LogP contribution in [0.4, 0.5) is 5.82 Å². The largest absolute Gasteiger partial charge is 0.310 e. The van der Waals surface area contributed by atoms with Crippen LogP contribution in [0, 0.1) is 5.41 Å². The van der Waals surface area contributed by atoms with E-state index in [1.165, 1.54) is 0 Å². The van der Waals surface area contributed by atoms with Crippen molar-refractivity contribution in [2.24, 2.45) is 5.41 Å². The quantitative estimate of drug-likeness (QED) is 0.911. The molecule has 25 heavy (non-hydrogen) atoms. The molecule has 1 N–H and O–H groups in total. The van der Waals surface area contributed by atoms with Crippen LogP contribution >= 0.6 is 0 Å². The lowest BCUT2D eigenvalue weighted by molar-refractivity contribution is -0.123. The molecule has 1 saturated heterocycles. The molecule has 0 radical (unpaired) electrons. The predicted octanol–water partition coefficient (Wildman–Crippen LogP) is 2.89. The predicted molar refractivity (Wildman–Crippen MR) is 98.1 cm³/mol. The standard InChI is InChI=1S/C18H23N3O3S/c1-18(2,3)17(22)19-16-11-15(13-7-5-4-6-8-13)20-21(16)14-9-10-25(23,24)12-14/h4-8,11,14H,9-10,12H2,1-3H3,(H,19,22). The third-order valence-corrected chi connectivity index (χ3v) is 6.03. The van der Waals surface area contributed by atoms with Crippen LogP contribution in [0.1, 0.15) is 33.2 Å². The van der Waals surface area contributed by atoms with Crippen molar-refractivity contribution in [3.63, 3.8) is 0 Å². The van der Waals surface area contributed by atoms with E-state index in [1.54, 1.807) is 4.68 Å². The van der Waals surface area contributed by atoms with Gasteiger partial charge in [0, 0.05) is 17.0 Å². The first-order valence-electron chi connectivity index (χ1n) is 8.32. The molecule has 1 aromatic heterocycles. The molecule has 7 heteroatoms. The highest BCUT2D eigenvalue weighted by molar-refractivity contribution is 7.91. The number of benzene rings is 1. The van der Waals surface area contributed by atoms with E-state index in [9.17, 15) is 13.2 Å². The van der Waals surface area contributed by atoms with Gasteiger partial charge in [0.1, 0.15) is 5.82 Å². The number of hydrogen-bond donors (Lipinski definition) is 1. The first kappa shape index (κ1) is 17.7. The molecule has 0 spiro atoms. The average molecular weight is 361 g/mol. The number of carbonyl (C=O) groups excluding carboxylic acids is 1. The smallest absolute Gasteiger partial charge is 0.230 e. The van der Waals surface area contributed by atoms with Crippen molar-refractivity contribution >= 4 is 21.6 Å². The van der Waals surface area contributed by atoms with Gasteiger partial charge in [-0.15, -0.1) is 0 Å². The number of hydrogen-bond acceptors (Lipinski definition) is 4. The molecule has 134 valence electrons. The van der Waals surface area contributed by atoms with Gasteiger partial charge in [-0.25, -0.2) is 13.1 Å². The molecular formula is C18H23N3O3S. The van der Waals surface area contributed by atoms with Crippen molar-refractivity contribution < 1.29 is 13.2 Å². The number of rotatable bonds is 3. The molecule has 1 atom stereocenters. The van der Waals surface area contributed by atoms with E-state index in [2.05, 4.69) is 10.4 Å². The maximum absolute atomic E-state index is 12.4. The summed E-state index contributed by atoms with van der Waals surface area (Å²) in [5.41, 5.74) is 1.09. The maximum Gasteiger partial charge on any atom is 0.230 e. The summed E-state index contributed by atoms with van der Waals surface area (Å²) < 4.78 is 25.4. The molecular weight excluding hydrogens is 338 g/mol. The topological polar surface area (TPSA) is 81.1 Å². The van der Waals surface area contributed by atoms with Crippen molar-refractivity contribution in [3.05, 3.63) is 36.4 Å². The average Bonchev–Trinajstić information content (AvgIpc) is 3.10. The van der Waals surface area contributed by atoms with E-state index in [4.69, 9.17) is 0 Å². The Bertz CT molecular complexity index is 880. The van der Waals surface area contributed by atoms with E-state index in [0.29, 0.717) is 17.9 Å². The minimum atomic E-state index is -3.05. The van der Waals surface area contributed by atoms with Crippen molar-refractivity contribution in [1.29, 1.82) is 0 Å². The van der Waals surface area contributed by atoms with Crippen molar-refractivity contribution in [3.8, 4) is 11.3 Å². The van der Waals surface area contributed by atoms with Gasteiger partial charge in [-0.1, -0.05) is 51.1 Å². The summed E-state index contributed by atoms with van der Waals surface area (Å²) in [4.78, 5) is 12.4. The summed E-state index contributed by atoms with van der Waals surface area (Å²) in [6, 6.07) is 11.2. The van der Waals surface area contributed by atoms with E-state index in [0.717, 1.165) is 5.56 Å². The lowest BCUT2D eigenvalue weighted by Gasteiger charge is -2.19. The van der Waals surface area contributed by atoms with Crippen LogP contribution in [-0.4, -0.2) is 35.6 Å². The number of amides is 1. The maximum atomic E-state index is 12.4. The van der Waals surface area contributed by atoms with Gasteiger partial charge in [-0.05, 0) is 6.42 Å². The molecule has 6 nitrogen and oxygen atoms in total. The SMILES string of the molecule is CC(C)(C)C(=O)Nc1cc(-c2ccccc2)nn1C1CCS(=O)(=O)C1. The molecule has 1 amide bonds. The first-order chi connectivity index (χ1) is 11.7. The molecule has 1 aliphatic rings. The Balaban J connectivity index is 1.99. The summed E-state index contributed by atoms with van der Waals surface area (Å²) >= 11 is 0. The van der Waals surface area contributed by atoms with Gasteiger partial charge < -0.3 is 5.32 Å². The van der Waals surface area contributed by atoms with Crippen LogP contribution in [0.3, 0.4) is 0 Å². The van der Waals surface area contributed by atoms with Gasteiger partial charge in [0.15, 0.2) is 9.84 Å². The molecule has 2 heterocycles. The molecule has 3 rings (SSSR count). The fourth-order valence-electron chi connectivity index (χ4n) is 2.79. The summed E-state index contributed by atoms with van der Waals surface area (Å²) in [6.45, 7) is 5.50. The highest BCUT2D eigenvalue weighted by atomic mass is 32.2. The second-order valence-electron chi connectivity index (χ2n) is 7.49. The minimum absolute atomic E-state index is 0.0568. The highest BCUT2D eigenvalue weighted by Crippen LogP contribution is 2.31. The van der Waals surface area contributed by atoms with Gasteiger partial charge in [-0.2, -0.15) is 5.10 Å². The molecule has 0 bridgehead atoms. The fourth-order valence-corrected chi connectivity index (χ4v) is 4.48. The number of carbonyl (C=O) groups is 1. The number of aromatic nitrogens is 2. The highest BCUT2D eigenvalue weighted by Gasteiger charge is 2.32. The van der Waals surface area contributed by atoms with Gasteiger partial charge in [0.2, 0.25) is 5.91 Å². The molecule has 0 saturated carbocycles. The number of nitrogens with zero attached hydrogens (tertiary/aromatic N) is 2. The van der Waals surface area contributed by atoms with Crippen molar-refractivity contribution in [2.75, 3.05) is 16.8 Å². The van der Waals surface area contributed by atoms with E-state index < -0.39 is 15.3 Å². The van der Waals surface area contributed by atoms with Gasteiger partial charge in [0.05, 0.1) is 23.2 Å². The Hall–Kier alpha value is -2.15. The van der Waals surface area contributed by atoms with Crippen LogP contribution < -0.4 is 5.32 Å². The molecule has 1 aliphatic heterocycles. The molecule has 1 aromatic carbocycles. The summed E-state index contributed by atoms with van der Waals surface area (Å²) in [5.74, 6) is 0.626. The lowest BCUT2D eigenvalue weighted by atomic mass is 9.96. The molecule has 1 fully saturated rings. The zero-order valence-corrected chi connectivity index (χ0v) is 15.5. The first-order valence-corrected chi connectivity index (χ1v) is 10.1. The van der Waals surface area contributed by atoms with E-state index in [-0.39, 0.29) is 23.5 Å². The summed E-state index contributed by atoms with van der Waals surface area (Å²) in [7, 11) is -3.05. The van der Waals surface area contributed by atoms with Gasteiger partial charge in [-0.3, -0.25) is 4.79 Å². The Labute approximate surface area is 148 Å². The zero-order valence-electron chi connectivity index (χ0n) is 14.7. The fraction of sp³-hybridized carbons (Fsp3) is 0.444. The van der Waals surface area contributed by atoms with Crippen LogP contribution in [0.5, 0.6) is 0 Å². The third-order valence-electron chi connectivity index (χ3n) is 4.28. The minimum Gasteiger partial charge on any atom is -0.310 e. The normalized spacial score (nSPS) is 19.7. The third kappa shape index (κ3) is 3.92. The van der Waals surface area contributed by atoms with E-state index >= 15 is 0 Å². The van der Waals surface area contributed by atoms with Crippen LogP contribution in [-0.2, 0) is 14.6 Å². The summed E-state index contributed by atoms with van der Waals surface area (Å²) in [6.07, 6.45) is 0.511. The van der Waals surface area contributed by atoms with Crippen LogP contribution in [0.2, 0.25) is 0 Å². The Morgan fingerprint density at radius 3 is 2.48 bits per heavy atom. The van der Waals surface area contributed by atoms with Crippen LogP contribution in [0.15, 0.2) is 36.4 Å². The Kier molecular flexibility index (Phi) is 4.45. The monoisotopic (exact) mass is 361 g/mol. The molecule has 1 unspecified atom stereocenters. The van der Waals surface area contributed by atoms with Crippen LogP contribution in [0.25, 0.3) is 11.3 Å². The Morgan fingerprint density at radius 1 is 1.24 bits per heavy atom. The van der Waals surface area contributed by atoms with Gasteiger partial charge in [0.25, 0.3) is 0 Å². The molecule has 0 aliphatic carbocycles. The summed E-state index contributed by atoms with van der Waals surface area (Å²) in [5, 5.41) is 7.51. The number of sulfone groups is 1. The lowest BCUT2D eigenvalue weighted by Crippen LogP contribution is -2.29. The van der Waals surface area contributed by atoms with E-state index in [1.807, 2.05) is 57.2 Å². The number of anilines is 1. The van der Waals surface area contributed by atoms with Crippen molar-refractivity contribution in [2.45, 2.75) is 33.2 Å². The second-order valence-corrected chi connectivity index (χ2v) is 9.72. The van der Waals surface area contributed by atoms with Gasteiger partial charge >= 0.3 is 0 Å². The molecule has 2 aromatic rings.